The minimum atomic E-state index is 0.0216. The minimum Gasteiger partial charge on any atom is -0.503 e. The Morgan fingerprint density at radius 1 is 0.848 bits per heavy atom. The number of aromatic nitrogens is 3. The third-order valence-corrected chi connectivity index (χ3v) is 4.95. The molecule has 0 fully saturated rings. The Kier molecular flexibility index (Phi) is 6.96. The van der Waals surface area contributed by atoms with Crippen molar-refractivity contribution in [3.05, 3.63) is 82.8 Å². The van der Waals surface area contributed by atoms with Crippen LogP contribution >= 0.6 is 15.9 Å². The van der Waals surface area contributed by atoms with Gasteiger partial charge in [0.25, 0.3) is 0 Å². The average Bonchev–Trinajstić information content (AvgIpc) is 2.82. The number of phenolic OH excluding ortho intramolecular Hbond substituents is 1. The van der Waals surface area contributed by atoms with Gasteiger partial charge in [-0.05, 0) is 57.9 Å². The third-order valence-electron chi connectivity index (χ3n) is 4.34. The fraction of sp³-hybridized carbons (Fsp3) is 0.0435. The van der Waals surface area contributed by atoms with Crippen molar-refractivity contribution in [1.29, 1.82) is 0 Å². The minimum absolute atomic E-state index is 0.0216. The highest BCUT2D eigenvalue weighted by Crippen LogP contribution is 2.34. The highest BCUT2D eigenvalue weighted by Gasteiger charge is 2.09. The number of ether oxygens (including phenoxy) is 1. The zero-order valence-corrected chi connectivity index (χ0v) is 19.1. The number of nitrogens with one attached hydrogen (secondary N) is 3. The first-order valence-corrected chi connectivity index (χ1v) is 10.7. The quantitative estimate of drug-likeness (QED) is 0.188. The van der Waals surface area contributed by atoms with Gasteiger partial charge < -0.3 is 20.5 Å². The first-order valence-electron chi connectivity index (χ1n) is 9.86. The maximum Gasteiger partial charge on any atom is 0.250 e. The van der Waals surface area contributed by atoms with Crippen molar-refractivity contribution in [2.75, 3.05) is 23.2 Å². The van der Waals surface area contributed by atoms with Crippen molar-refractivity contribution in [1.82, 2.24) is 15.0 Å². The number of para-hydroxylation sites is 2. The molecule has 0 saturated heterocycles. The number of hydrazone groups is 1. The number of halogens is 1. The Morgan fingerprint density at radius 2 is 1.39 bits per heavy atom. The summed E-state index contributed by atoms with van der Waals surface area (Å²) in [5.41, 5.74) is 5.20. The van der Waals surface area contributed by atoms with Crippen LogP contribution in [-0.4, -0.2) is 33.4 Å². The molecule has 1 aromatic heterocycles. The molecule has 4 N–H and O–H groups in total. The van der Waals surface area contributed by atoms with Gasteiger partial charge in [0.2, 0.25) is 17.8 Å². The van der Waals surface area contributed by atoms with E-state index in [9.17, 15) is 5.11 Å². The molecule has 0 aliphatic rings. The van der Waals surface area contributed by atoms with Crippen molar-refractivity contribution in [2.45, 2.75) is 0 Å². The van der Waals surface area contributed by atoms with Crippen LogP contribution in [0.15, 0.2) is 82.4 Å². The number of hydrogen-bond acceptors (Lipinski definition) is 9. The second-order valence-corrected chi connectivity index (χ2v) is 7.57. The highest BCUT2D eigenvalue weighted by atomic mass is 79.9. The average molecular weight is 506 g/mol. The lowest BCUT2D eigenvalue weighted by Gasteiger charge is -2.10. The summed E-state index contributed by atoms with van der Waals surface area (Å²) in [5.74, 6) is 1.29. The summed E-state index contributed by atoms with van der Waals surface area (Å²) in [4.78, 5) is 13.2. The van der Waals surface area contributed by atoms with Gasteiger partial charge in [-0.15, -0.1) is 0 Å². The van der Waals surface area contributed by atoms with Crippen LogP contribution in [0.3, 0.4) is 0 Å². The lowest BCUT2D eigenvalue weighted by molar-refractivity contribution is 0.372. The van der Waals surface area contributed by atoms with Gasteiger partial charge in [-0.1, -0.05) is 36.4 Å². The van der Waals surface area contributed by atoms with Crippen molar-refractivity contribution in [3.63, 3.8) is 0 Å². The van der Waals surface area contributed by atoms with Crippen LogP contribution in [0.4, 0.5) is 29.2 Å². The molecule has 166 valence electrons. The first kappa shape index (κ1) is 22.0. The number of aromatic hydroxyl groups is 1. The van der Waals surface area contributed by atoms with E-state index in [0.29, 0.717) is 27.7 Å². The Bertz CT molecular complexity index is 1190. The summed E-state index contributed by atoms with van der Waals surface area (Å²) in [6, 6.07) is 22.5. The molecule has 0 unspecified atom stereocenters. The van der Waals surface area contributed by atoms with Crippen LogP contribution in [0.1, 0.15) is 5.56 Å². The molecule has 10 heteroatoms. The topological polar surface area (TPSA) is 117 Å². The van der Waals surface area contributed by atoms with Crippen LogP contribution in [0.2, 0.25) is 0 Å². The second kappa shape index (κ2) is 10.4. The number of rotatable bonds is 8. The second-order valence-electron chi connectivity index (χ2n) is 6.71. The van der Waals surface area contributed by atoms with Gasteiger partial charge in [-0.25, -0.2) is 5.43 Å². The number of hydrogen-bond donors (Lipinski definition) is 4. The number of anilines is 5. The van der Waals surface area contributed by atoms with Gasteiger partial charge >= 0.3 is 0 Å². The van der Waals surface area contributed by atoms with Gasteiger partial charge in [0, 0.05) is 11.4 Å². The summed E-state index contributed by atoms with van der Waals surface area (Å²) in [7, 11) is 1.48. The number of methoxy groups -OCH3 is 1. The molecule has 0 atom stereocenters. The molecule has 0 amide bonds. The van der Waals surface area contributed by atoms with E-state index in [0.717, 1.165) is 11.4 Å². The molecule has 0 aliphatic carbocycles. The molecule has 4 aromatic rings. The van der Waals surface area contributed by atoms with E-state index in [1.54, 1.807) is 18.3 Å². The Hall–Kier alpha value is -4.18. The highest BCUT2D eigenvalue weighted by molar-refractivity contribution is 9.10. The Morgan fingerprint density at radius 3 is 1.94 bits per heavy atom. The Labute approximate surface area is 198 Å². The molecule has 0 saturated carbocycles. The largest absolute Gasteiger partial charge is 0.503 e. The first-order chi connectivity index (χ1) is 16.1. The normalized spacial score (nSPS) is 10.7. The zero-order valence-electron chi connectivity index (χ0n) is 17.5. The van der Waals surface area contributed by atoms with E-state index in [4.69, 9.17) is 4.74 Å². The lowest BCUT2D eigenvalue weighted by atomic mass is 10.2. The van der Waals surface area contributed by atoms with E-state index >= 15 is 0 Å². The van der Waals surface area contributed by atoms with E-state index in [1.165, 1.54) is 7.11 Å². The van der Waals surface area contributed by atoms with E-state index < -0.39 is 0 Å². The van der Waals surface area contributed by atoms with E-state index in [2.05, 4.69) is 52.0 Å². The molecule has 3 aromatic carbocycles. The number of benzene rings is 3. The van der Waals surface area contributed by atoms with Gasteiger partial charge in [0.15, 0.2) is 11.5 Å². The van der Waals surface area contributed by atoms with Gasteiger partial charge in [-0.3, -0.25) is 0 Å². The van der Waals surface area contributed by atoms with Crippen molar-refractivity contribution in [3.8, 4) is 11.5 Å². The van der Waals surface area contributed by atoms with Gasteiger partial charge in [0.1, 0.15) is 0 Å². The van der Waals surface area contributed by atoms with Crippen molar-refractivity contribution < 1.29 is 9.84 Å². The zero-order chi connectivity index (χ0) is 23.0. The molecular formula is C23H20BrN7O2. The number of phenols is 1. The summed E-state index contributed by atoms with van der Waals surface area (Å²) >= 11 is 3.30. The van der Waals surface area contributed by atoms with E-state index in [-0.39, 0.29) is 11.7 Å². The summed E-state index contributed by atoms with van der Waals surface area (Å²) < 4.78 is 5.66. The maximum absolute atomic E-state index is 9.96. The maximum atomic E-state index is 9.96. The predicted molar refractivity (Wildman–Crippen MR) is 133 cm³/mol. The van der Waals surface area contributed by atoms with Crippen LogP contribution in [0.5, 0.6) is 11.5 Å². The molecule has 9 nitrogen and oxygen atoms in total. The van der Waals surface area contributed by atoms with Gasteiger partial charge in [0.05, 0.1) is 17.8 Å². The fourth-order valence-corrected chi connectivity index (χ4v) is 3.29. The van der Waals surface area contributed by atoms with Crippen molar-refractivity contribution >= 4 is 51.4 Å². The molecule has 0 radical (unpaired) electrons. The SMILES string of the molecule is COc1cc(C=NNc2nc(Nc3ccccc3)nc(Nc3ccccc3)n2)cc(Br)c1O. The number of nitrogens with zero attached hydrogens (tertiary/aromatic N) is 4. The van der Waals surface area contributed by atoms with Crippen LogP contribution in [0.25, 0.3) is 0 Å². The molecule has 0 bridgehead atoms. The lowest BCUT2D eigenvalue weighted by Crippen LogP contribution is -2.07. The summed E-state index contributed by atoms with van der Waals surface area (Å²) in [5, 5.41) is 20.5. The third kappa shape index (κ3) is 5.95. The molecule has 33 heavy (non-hydrogen) atoms. The monoisotopic (exact) mass is 505 g/mol. The summed E-state index contributed by atoms with van der Waals surface area (Å²) in [6.45, 7) is 0. The van der Waals surface area contributed by atoms with E-state index in [1.807, 2.05) is 60.7 Å². The molecule has 0 aliphatic heterocycles. The molecule has 0 spiro atoms. The van der Waals surface area contributed by atoms with Gasteiger partial charge in [-0.2, -0.15) is 20.1 Å². The molecule has 1 heterocycles. The van der Waals surface area contributed by atoms with Crippen molar-refractivity contribution in [2.24, 2.45) is 5.10 Å². The summed E-state index contributed by atoms with van der Waals surface area (Å²) in [6.07, 6.45) is 1.56. The molecule has 4 rings (SSSR count). The fourth-order valence-electron chi connectivity index (χ4n) is 2.83. The van der Waals surface area contributed by atoms with Crippen LogP contribution in [-0.2, 0) is 0 Å². The Balaban J connectivity index is 1.58. The predicted octanol–water partition coefficient (Wildman–Crippen LogP) is 5.28. The van der Waals surface area contributed by atoms with Crippen LogP contribution < -0.4 is 20.8 Å². The standard InChI is InChI=1S/C23H20BrN7O2/c1-33-19-13-15(12-18(24)20(19)32)14-25-31-23-29-21(26-16-8-4-2-5-9-16)28-22(30-23)27-17-10-6-3-7-11-17/h2-14,32H,1H3,(H3,26,27,28,29,30,31). The molecular weight excluding hydrogens is 486 g/mol. The van der Waals surface area contributed by atoms with Crippen LogP contribution in [0, 0.1) is 0 Å². The smallest absolute Gasteiger partial charge is 0.250 e.